The van der Waals surface area contributed by atoms with E-state index in [4.69, 9.17) is 6.42 Å². The fourth-order valence-corrected chi connectivity index (χ4v) is 2.53. The van der Waals surface area contributed by atoms with Crippen molar-refractivity contribution in [2.75, 3.05) is 26.2 Å². The van der Waals surface area contributed by atoms with E-state index in [0.29, 0.717) is 5.54 Å². The lowest BCUT2D eigenvalue weighted by Crippen LogP contribution is -2.50. The Balaban J connectivity index is 1.99. The lowest BCUT2D eigenvalue weighted by atomic mass is 9.95. The first-order valence-corrected chi connectivity index (χ1v) is 5.65. The Kier molecular flexibility index (Phi) is 2.80. The van der Waals surface area contributed by atoms with E-state index < -0.39 is 0 Å². The summed E-state index contributed by atoms with van der Waals surface area (Å²) in [6.45, 7) is 6.60. The molecule has 2 rings (SSSR count). The van der Waals surface area contributed by atoms with Gasteiger partial charge in [0.05, 0.1) is 6.54 Å². The van der Waals surface area contributed by atoms with Crippen LogP contribution in [0.2, 0.25) is 0 Å². The van der Waals surface area contributed by atoms with Crippen LogP contribution < -0.4 is 5.32 Å². The second kappa shape index (κ2) is 3.92. The van der Waals surface area contributed by atoms with E-state index in [9.17, 15) is 0 Å². The van der Waals surface area contributed by atoms with Crippen molar-refractivity contribution in [1.29, 1.82) is 0 Å². The van der Waals surface area contributed by atoms with Crippen LogP contribution in [0.1, 0.15) is 26.2 Å². The lowest BCUT2D eigenvalue weighted by Gasteiger charge is -2.33. The Hall–Kier alpha value is -0.520. The molecule has 1 atom stereocenters. The second-order valence-electron chi connectivity index (χ2n) is 4.89. The van der Waals surface area contributed by atoms with Crippen LogP contribution in [0.15, 0.2) is 0 Å². The van der Waals surface area contributed by atoms with Gasteiger partial charge in [-0.25, -0.2) is 0 Å². The maximum Gasteiger partial charge on any atom is 0.0599 e. The van der Waals surface area contributed by atoms with Gasteiger partial charge >= 0.3 is 0 Å². The second-order valence-corrected chi connectivity index (χ2v) is 4.89. The molecular weight excluding hydrogens is 172 g/mol. The van der Waals surface area contributed by atoms with Crippen LogP contribution in [0.25, 0.3) is 0 Å². The third-order valence-corrected chi connectivity index (χ3v) is 3.53. The average molecular weight is 192 g/mol. The topological polar surface area (TPSA) is 15.3 Å². The number of hydrogen-bond acceptors (Lipinski definition) is 2. The van der Waals surface area contributed by atoms with Gasteiger partial charge < -0.3 is 5.32 Å². The van der Waals surface area contributed by atoms with E-state index in [1.165, 1.54) is 19.3 Å². The Bertz CT molecular complexity index is 239. The quantitative estimate of drug-likeness (QED) is 0.659. The summed E-state index contributed by atoms with van der Waals surface area (Å²) < 4.78 is 0. The summed E-state index contributed by atoms with van der Waals surface area (Å²) in [5.41, 5.74) is 0.327. The van der Waals surface area contributed by atoms with E-state index in [0.717, 1.165) is 32.1 Å². The molecule has 2 nitrogen and oxygen atoms in total. The number of nitrogens with one attached hydrogen (secondary N) is 1. The molecule has 78 valence electrons. The molecule has 2 aliphatic rings. The van der Waals surface area contributed by atoms with Gasteiger partial charge in [-0.1, -0.05) is 5.92 Å². The van der Waals surface area contributed by atoms with Gasteiger partial charge in [-0.2, -0.15) is 0 Å². The zero-order chi connectivity index (χ0) is 10.0. The van der Waals surface area contributed by atoms with Crippen molar-refractivity contribution in [2.45, 2.75) is 31.7 Å². The van der Waals surface area contributed by atoms with Gasteiger partial charge in [0, 0.05) is 18.6 Å². The highest BCUT2D eigenvalue weighted by Crippen LogP contribution is 2.40. The van der Waals surface area contributed by atoms with Gasteiger partial charge in [0.1, 0.15) is 0 Å². The molecule has 14 heavy (non-hydrogen) atoms. The first-order valence-electron chi connectivity index (χ1n) is 5.65. The summed E-state index contributed by atoms with van der Waals surface area (Å²) >= 11 is 0. The van der Waals surface area contributed by atoms with Crippen molar-refractivity contribution < 1.29 is 0 Å². The highest BCUT2D eigenvalue weighted by molar-refractivity contribution is 5.02. The molecule has 0 amide bonds. The summed E-state index contributed by atoms with van der Waals surface area (Å²) in [6.07, 6.45) is 9.40. The third kappa shape index (κ3) is 2.10. The molecule has 0 aromatic carbocycles. The number of terminal acetylenes is 1. The number of nitrogens with zero attached hydrogens (tertiary/aromatic N) is 1. The molecule has 0 spiro atoms. The summed E-state index contributed by atoms with van der Waals surface area (Å²) in [6, 6.07) is 0. The van der Waals surface area contributed by atoms with Crippen molar-refractivity contribution in [1.82, 2.24) is 10.2 Å². The standard InChI is InChI=1S/C12H20N2/c1-3-8-14-9-4-7-13-12(2,10-14)11-5-6-11/h1,11,13H,4-10H2,2H3. The maximum absolute atomic E-state index is 5.38. The molecule has 1 N–H and O–H groups in total. The van der Waals surface area contributed by atoms with E-state index >= 15 is 0 Å². The van der Waals surface area contributed by atoms with Gasteiger partial charge in [0.15, 0.2) is 0 Å². The Labute approximate surface area is 87.1 Å². The molecule has 1 saturated carbocycles. The van der Waals surface area contributed by atoms with Crippen molar-refractivity contribution in [3.05, 3.63) is 0 Å². The maximum atomic E-state index is 5.38. The SMILES string of the molecule is C#CCN1CCCNC(C)(C2CC2)C1. The van der Waals surface area contributed by atoms with Crippen molar-refractivity contribution in [3.8, 4) is 12.3 Å². The molecule has 1 heterocycles. The highest BCUT2D eigenvalue weighted by Gasteiger charge is 2.42. The average Bonchev–Trinajstić information content (AvgIpc) is 2.92. The molecular formula is C12H20N2. The van der Waals surface area contributed by atoms with Crippen LogP contribution in [-0.2, 0) is 0 Å². The van der Waals surface area contributed by atoms with Crippen LogP contribution >= 0.6 is 0 Å². The van der Waals surface area contributed by atoms with Crippen LogP contribution in [-0.4, -0.2) is 36.6 Å². The van der Waals surface area contributed by atoms with Crippen LogP contribution in [0.3, 0.4) is 0 Å². The zero-order valence-electron chi connectivity index (χ0n) is 9.05. The summed E-state index contributed by atoms with van der Waals surface area (Å²) in [5, 5.41) is 3.70. The van der Waals surface area contributed by atoms with Gasteiger partial charge in [-0.15, -0.1) is 6.42 Å². The molecule has 0 radical (unpaired) electrons. The monoisotopic (exact) mass is 192 g/mol. The first-order chi connectivity index (χ1) is 6.74. The van der Waals surface area contributed by atoms with Gasteiger partial charge in [-0.05, 0) is 38.6 Å². The highest BCUT2D eigenvalue weighted by atomic mass is 15.2. The van der Waals surface area contributed by atoms with Crippen LogP contribution in [0.5, 0.6) is 0 Å². The summed E-state index contributed by atoms with van der Waals surface area (Å²) in [7, 11) is 0. The minimum Gasteiger partial charge on any atom is -0.310 e. The Morgan fingerprint density at radius 3 is 3.00 bits per heavy atom. The predicted molar refractivity (Wildman–Crippen MR) is 59.0 cm³/mol. The molecule has 1 aliphatic carbocycles. The molecule has 1 saturated heterocycles. The number of hydrogen-bond donors (Lipinski definition) is 1. The molecule has 0 aromatic rings. The fraction of sp³-hybridized carbons (Fsp3) is 0.833. The van der Waals surface area contributed by atoms with E-state index in [1.54, 1.807) is 0 Å². The number of rotatable bonds is 2. The van der Waals surface area contributed by atoms with Crippen molar-refractivity contribution in [3.63, 3.8) is 0 Å². The molecule has 2 fully saturated rings. The lowest BCUT2D eigenvalue weighted by molar-refractivity contribution is 0.218. The molecule has 2 heteroatoms. The van der Waals surface area contributed by atoms with E-state index in [2.05, 4.69) is 23.1 Å². The minimum absolute atomic E-state index is 0.327. The Morgan fingerprint density at radius 2 is 2.36 bits per heavy atom. The van der Waals surface area contributed by atoms with Crippen LogP contribution in [0, 0.1) is 18.3 Å². The smallest absolute Gasteiger partial charge is 0.0599 e. The minimum atomic E-state index is 0.327. The molecule has 0 bridgehead atoms. The van der Waals surface area contributed by atoms with Gasteiger partial charge in [-0.3, -0.25) is 4.90 Å². The predicted octanol–water partition coefficient (Wildman–Crippen LogP) is 1.08. The molecule has 1 unspecified atom stereocenters. The zero-order valence-corrected chi connectivity index (χ0v) is 9.05. The van der Waals surface area contributed by atoms with Gasteiger partial charge in [0.25, 0.3) is 0 Å². The summed E-state index contributed by atoms with van der Waals surface area (Å²) in [5.74, 6) is 3.65. The molecule has 1 aliphatic heterocycles. The van der Waals surface area contributed by atoms with Crippen molar-refractivity contribution in [2.24, 2.45) is 5.92 Å². The summed E-state index contributed by atoms with van der Waals surface area (Å²) in [4.78, 5) is 2.42. The van der Waals surface area contributed by atoms with E-state index in [-0.39, 0.29) is 0 Å². The van der Waals surface area contributed by atoms with Crippen molar-refractivity contribution >= 4 is 0 Å². The third-order valence-electron chi connectivity index (χ3n) is 3.53. The first kappa shape index (κ1) is 10.0. The van der Waals surface area contributed by atoms with Gasteiger partial charge in [0.2, 0.25) is 0 Å². The fourth-order valence-electron chi connectivity index (χ4n) is 2.53. The normalized spacial score (nSPS) is 34.9. The van der Waals surface area contributed by atoms with Crippen LogP contribution in [0.4, 0.5) is 0 Å². The Morgan fingerprint density at radius 1 is 1.57 bits per heavy atom. The largest absolute Gasteiger partial charge is 0.310 e. The molecule has 0 aromatic heterocycles. The van der Waals surface area contributed by atoms with E-state index in [1.807, 2.05) is 0 Å².